The van der Waals surface area contributed by atoms with Crippen LogP contribution in [0.3, 0.4) is 0 Å². The number of nitrogens with one attached hydrogen (secondary N) is 2. The minimum Gasteiger partial charge on any atom is -0.384 e. The second-order valence-electron chi connectivity index (χ2n) is 4.57. The third-order valence-corrected chi connectivity index (χ3v) is 4.98. The first-order valence-electron chi connectivity index (χ1n) is 6.46. The highest BCUT2D eigenvalue weighted by Crippen LogP contribution is 2.35. The molecule has 0 radical (unpaired) electrons. The zero-order chi connectivity index (χ0) is 14.8. The Labute approximate surface area is 131 Å². The van der Waals surface area contributed by atoms with Gasteiger partial charge in [-0.15, -0.1) is 11.8 Å². The van der Waals surface area contributed by atoms with Gasteiger partial charge >= 0.3 is 0 Å². The number of fused-ring (bicyclic) bond motifs is 1. The maximum absolute atomic E-state index is 7.83. The Bertz CT molecular complexity index is 775. The molecule has 2 aromatic carbocycles. The van der Waals surface area contributed by atoms with E-state index in [-0.39, 0.29) is 5.84 Å². The smallest absolute Gasteiger partial charge is 0.125 e. The maximum atomic E-state index is 7.83. The Morgan fingerprint density at radius 3 is 2.57 bits per heavy atom. The summed E-state index contributed by atoms with van der Waals surface area (Å²) in [7, 11) is 0. The third-order valence-electron chi connectivity index (χ3n) is 3.20. The summed E-state index contributed by atoms with van der Waals surface area (Å²) in [6.07, 6.45) is 2.00. The molecule has 106 valence electrons. The molecule has 0 aliphatic heterocycles. The highest BCUT2D eigenvalue weighted by molar-refractivity contribution is 8.00. The predicted octanol–water partition coefficient (Wildman–Crippen LogP) is 4.33. The van der Waals surface area contributed by atoms with Crippen LogP contribution in [-0.2, 0) is 0 Å². The zero-order valence-corrected chi connectivity index (χ0v) is 13.1. The van der Waals surface area contributed by atoms with Crippen LogP contribution >= 0.6 is 23.5 Å². The summed E-state index contributed by atoms with van der Waals surface area (Å²) in [5.41, 5.74) is 7.70. The molecule has 0 amide bonds. The number of rotatable bonds is 4. The van der Waals surface area contributed by atoms with Gasteiger partial charge in [0.25, 0.3) is 0 Å². The minimum absolute atomic E-state index is 0.110. The number of para-hydroxylation sites is 1. The van der Waals surface area contributed by atoms with E-state index < -0.39 is 0 Å². The average molecular weight is 313 g/mol. The summed E-state index contributed by atoms with van der Waals surface area (Å²) in [5.74, 6) is 0.110. The molecule has 0 aliphatic carbocycles. The molecule has 4 N–H and O–H groups in total. The monoisotopic (exact) mass is 313 g/mol. The Kier molecular flexibility index (Phi) is 3.94. The minimum atomic E-state index is 0.110. The molecule has 0 bridgehead atoms. The summed E-state index contributed by atoms with van der Waals surface area (Å²) < 4.78 is 0. The van der Waals surface area contributed by atoms with Crippen molar-refractivity contribution in [2.75, 3.05) is 6.26 Å². The lowest BCUT2D eigenvalue weighted by atomic mass is 10.2. The molecular weight excluding hydrogens is 298 g/mol. The number of nitrogen functional groups attached to an aromatic ring is 1. The van der Waals surface area contributed by atoms with E-state index in [1.54, 1.807) is 23.5 Å². The molecule has 1 heterocycles. The van der Waals surface area contributed by atoms with Gasteiger partial charge in [-0.2, -0.15) is 0 Å². The van der Waals surface area contributed by atoms with Crippen molar-refractivity contribution in [3.05, 3.63) is 54.1 Å². The summed E-state index contributed by atoms with van der Waals surface area (Å²) in [4.78, 5) is 5.42. The molecule has 0 saturated heterocycles. The van der Waals surface area contributed by atoms with Crippen molar-refractivity contribution in [2.45, 2.75) is 14.8 Å². The lowest BCUT2D eigenvalue weighted by Crippen LogP contribution is -2.13. The zero-order valence-electron chi connectivity index (χ0n) is 11.5. The van der Waals surface area contributed by atoms with Crippen molar-refractivity contribution >= 4 is 40.3 Å². The van der Waals surface area contributed by atoms with E-state index >= 15 is 0 Å². The summed E-state index contributed by atoms with van der Waals surface area (Å²) in [6, 6.07) is 16.3. The van der Waals surface area contributed by atoms with Crippen LogP contribution in [-0.4, -0.2) is 17.1 Å². The number of aromatic nitrogens is 1. The SMILES string of the molecule is CSc1cccc(Sc2cc3ccccc3[nH]2)c1C(=N)N. The number of benzene rings is 2. The molecule has 3 nitrogen and oxygen atoms in total. The summed E-state index contributed by atoms with van der Waals surface area (Å²) in [6.45, 7) is 0. The topological polar surface area (TPSA) is 65.7 Å². The van der Waals surface area contributed by atoms with Gasteiger partial charge in [0.2, 0.25) is 0 Å². The normalized spacial score (nSPS) is 10.9. The highest BCUT2D eigenvalue weighted by atomic mass is 32.2. The standard InChI is InChI=1S/C16H15N3S2/c1-20-12-7-4-8-13(15(12)16(17)18)21-14-9-10-5-2-3-6-11(10)19-14/h2-9,19H,1H3,(H3,17,18). The van der Waals surface area contributed by atoms with E-state index in [9.17, 15) is 0 Å². The van der Waals surface area contributed by atoms with Gasteiger partial charge in [0.05, 0.1) is 5.03 Å². The van der Waals surface area contributed by atoms with Crippen LogP contribution in [0.5, 0.6) is 0 Å². The Morgan fingerprint density at radius 1 is 1.10 bits per heavy atom. The van der Waals surface area contributed by atoms with Gasteiger partial charge in [-0.05, 0) is 30.5 Å². The maximum Gasteiger partial charge on any atom is 0.125 e. The van der Waals surface area contributed by atoms with Crippen LogP contribution < -0.4 is 5.73 Å². The Balaban J connectivity index is 2.03. The van der Waals surface area contributed by atoms with Gasteiger partial charge in [-0.25, -0.2) is 0 Å². The van der Waals surface area contributed by atoms with Gasteiger partial charge in [0.1, 0.15) is 5.84 Å². The Hall–Kier alpha value is -1.85. The van der Waals surface area contributed by atoms with E-state index in [2.05, 4.69) is 23.2 Å². The number of hydrogen-bond acceptors (Lipinski definition) is 3. The van der Waals surface area contributed by atoms with Gasteiger partial charge in [-0.3, -0.25) is 5.41 Å². The van der Waals surface area contributed by atoms with Crippen LogP contribution in [0.4, 0.5) is 0 Å². The van der Waals surface area contributed by atoms with Gasteiger partial charge in [0.15, 0.2) is 0 Å². The molecule has 1 aromatic heterocycles. The van der Waals surface area contributed by atoms with Crippen molar-refractivity contribution in [3.8, 4) is 0 Å². The van der Waals surface area contributed by atoms with E-state index in [0.717, 1.165) is 25.9 Å². The van der Waals surface area contributed by atoms with Crippen molar-refractivity contribution in [1.82, 2.24) is 4.98 Å². The first-order chi connectivity index (χ1) is 10.2. The molecule has 0 fully saturated rings. The van der Waals surface area contributed by atoms with E-state index in [4.69, 9.17) is 11.1 Å². The second-order valence-corrected chi connectivity index (χ2v) is 6.50. The number of thioether (sulfide) groups is 1. The fraction of sp³-hybridized carbons (Fsp3) is 0.0625. The number of amidine groups is 1. The van der Waals surface area contributed by atoms with Crippen LogP contribution in [0, 0.1) is 5.41 Å². The molecule has 3 aromatic rings. The van der Waals surface area contributed by atoms with Crippen LogP contribution in [0.2, 0.25) is 0 Å². The molecular formula is C16H15N3S2. The van der Waals surface area contributed by atoms with Gasteiger partial charge in [-0.1, -0.05) is 36.0 Å². The summed E-state index contributed by atoms with van der Waals surface area (Å²) in [5, 5.41) is 10.1. The summed E-state index contributed by atoms with van der Waals surface area (Å²) >= 11 is 3.22. The molecule has 21 heavy (non-hydrogen) atoms. The number of aromatic amines is 1. The first-order valence-corrected chi connectivity index (χ1v) is 8.50. The molecule has 0 spiro atoms. The lowest BCUT2D eigenvalue weighted by molar-refractivity contribution is 1.21. The van der Waals surface area contributed by atoms with E-state index in [1.165, 1.54) is 5.39 Å². The highest BCUT2D eigenvalue weighted by Gasteiger charge is 2.13. The van der Waals surface area contributed by atoms with Crippen LogP contribution in [0.25, 0.3) is 10.9 Å². The molecule has 0 aliphatic rings. The van der Waals surface area contributed by atoms with Crippen molar-refractivity contribution in [1.29, 1.82) is 5.41 Å². The largest absolute Gasteiger partial charge is 0.384 e. The molecule has 5 heteroatoms. The lowest BCUT2D eigenvalue weighted by Gasteiger charge is -2.10. The van der Waals surface area contributed by atoms with E-state index in [0.29, 0.717) is 0 Å². The van der Waals surface area contributed by atoms with Crippen LogP contribution in [0.1, 0.15) is 5.56 Å². The van der Waals surface area contributed by atoms with Gasteiger partial charge < -0.3 is 10.7 Å². The Morgan fingerprint density at radius 2 is 1.86 bits per heavy atom. The quantitative estimate of drug-likeness (QED) is 0.382. The predicted molar refractivity (Wildman–Crippen MR) is 91.7 cm³/mol. The van der Waals surface area contributed by atoms with Crippen molar-refractivity contribution in [3.63, 3.8) is 0 Å². The fourth-order valence-corrected chi connectivity index (χ4v) is 4.01. The van der Waals surface area contributed by atoms with Crippen LogP contribution in [0.15, 0.2) is 63.3 Å². The number of nitrogens with two attached hydrogens (primary N) is 1. The van der Waals surface area contributed by atoms with Crippen molar-refractivity contribution < 1.29 is 0 Å². The molecule has 0 unspecified atom stereocenters. The average Bonchev–Trinajstić information content (AvgIpc) is 2.88. The van der Waals surface area contributed by atoms with Crippen molar-refractivity contribution in [2.24, 2.45) is 5.73 Å². The number of hydrogen-bond donors (Lipinski definition) is 3. The molecule has 3 rings (SSSR count). The molecule has 0 saturated carbocycles. The second kappa shape index (κ2) is 5.87. The fourth-order valence-electron chi connectivity index (χ4n) is 2.25. The van der Waals surface area contributed by atoms with Gasteiger partial charge in [0, 0.05) is 26.3 Å². The first kappa shape index (κ1) is 14.1. The third kappa shape index (κ3) is 2.80. The molecule has 0 atom stereocenters. The number of H-pyrrole nitrogens is 1. The van der Waals surface area contributed by atoms with E-state index in [1.807, 2.05) is 36.6 Å².